The third-order valence-corrected chi connectivity index (χ3v) is 4.68. The van der Waals surface area contributed by atoms with E-state index in [0.717, 1.165) is 41.8 Å². The lowest BCUT2D eigenvalue weighted by Crippen LogP contribution is -2.36. The molecule has 1 heterocycles. The third kappa shape index (κ3) is 3.31. The summed E-state index contributed by atoms with van der Waals surface area (Å²) in [6.07, 6.45) is 3.67. The van der Waals surface area contributed by atoms with Gasteiger partial charge in [-0.25, -0.2) is 0 Å². The van der Waals surface area contributed by atoms with Crippen molar-refractivity contribution in [3.8, 4) is 5.75 Å². The van der Waals surface area contributed by atoms with Crippen molar-refractivity contribution < 1.29 is 14.3 Å². The number of carbonyl (C=O) groups excluding carboxylic acids is 2. The minimum Gasteiger partial charge on any atom is -0.491 e. The van der Waals surface area contributed by atoms with Crippen LogP contribution in [-0.2, 0) is 9.59 Å². The van der Waals surface area contributed by atoms with Crippen LogP contribution in [0.25, 0.3) is 0 Å². The van der Waals surface area contributed by atoms with E-state index >= 15 is 0 Å². The molecule has 0 fully saturated rings. The van der Waals surface area contributed by atoms with Crippen molar-refractivity contribution in [1.82, 2.24) is 5.32 Å². The first-order chi connectivity index (χ1) is 11.1. The van der Waals surface area contributed by atoms with E-state index in [1.807, 2.05) is 31.2 Å². The Bertz CT molecular complexity index is 645. The first-order valence-corrected chi connectivity index (χ1v) is 8.41. The van der Waals surface area contributed by atoms with Crippen LogP contribution in [0.4, 0.5) is 0 Å². The normalized spacial score (nSPS) is 22.4. The highest BCUT2D eigenvalue weighted by Gasteiger charge is 2.34. The van der Waals surface area contributed by atoms with Gasteiger partial charge in [-0.2, -0.15) is 0 Å². The topological polar surface area (TPSA) is 55.4 Å². The van der Waals surface area contributed by atoms with Crippen LogP contribution in [0.5, 0.6) is 5.75 Å². The summed E-state index contributed by atoms with van der Waals surface area (Å²) in [5.41, 5.74) is 2.66. The number of hydrogen-bond donors (Lipinski definition) is 1. The predicted octanol–water partition coefficient (Wildman–Crippen LogP) is 3.47. The van der Waals surface area contributed by atoms with Gasteiger partial charge in [-0.3, -0.25) is 9.59 Å². The predicted molar refractivity (Wildman–Crippen MR) is 88.2 cm³/mol. The van der Waals surface area contributed by atoms with Gasteiger partial charge in [0.15, 0.2) is 5.78 Å². The molecule has 0 saturated carbocycles. The van der Waals surface area contributed by atoms with E-state index in [9.17, 15) is 9.59 Å². The van der Waals surface area contributed by atoms with Gasteiger partial charge < -0.3 is 10.1 Å². The minimum atomic E-state index is -0.121. The van der Waals surface area contributed by atoms with Crippen molar-refractivity contribution in [2.45, 2.75) is 58.0 Å². The highest BCUT2D eigenvalue weighted by molar-refractivity contribution is 6.01. The summed E-state index contributed by atoms with van der Waals surface area (Å²) >= 11 is 0. The number of amides is 1. The molecule has 0 aromatic heterocycles. The number of ketones is 1. The van der Waals surface area contributed by atoms with Gasteiger partial charge in [-0.1, -0.05) is 19.1 Å². The summed E-state index contributed by atoms with van der Waals surface area (Å²) in [5, 5.41) is 2.89. The zero-order valence-corrected chi connectivity index (χ0v) is 13.7. The molecule has 1 aliphatic heterocycles. The standard InChI is InChI=1S/C19H23NO3/c1-3-12(2)23-14-9-7-13(8-10-14)15-11-18(22)20-16-5-4-6-17(21)19(15)16/h7-10,12,15H,3-6,11H2,1-2H3,(H,20,22)/t12-,15-/m0/s1. The van der Waals surface area contributed by atoms with Gasteiger partial charge in [0.1, 0.15) is 5.75 Å². The van der Waals surface area contributed by atoms with Gasteiger partial charge in [0, 0.05) is 30.0 Å². The largest absolute Gasteiger partial charge is 0.491 e. The Hall–Kier alpha value is -2.10. The van der Waals surface area contributed by atoms with Gasteiger partial charge in [0.2, 0.25) is 5.91 Å². The SMILES string of the molecule is CC[C@H](C)Oc1ccc([C@@H]2CC(=O)NC3=C2C(=O)CCC3)cc1. The van der Waals surface area contributed by atoms with E-state index in [1.165, 1.54) is 0 Å². The Labute approximate surface area is 136 Å². The fourth-order valence-electron chi connectivity index (χ4n) is 3.28. The highest BCUT2D eigenvalue weighted by Crippen LogP contribution is 2.38. The lowest BCUT2D eigenvalue weighted by Gasteiger charge is -2.31. The molecule has 0 saturated heterocycles. The molecule has 1 amide bonds. The molecule has 23 heavy (non-hydrogen) atoms. The number of ether oxygens (including phenoxy) is 1. The van der Waals surface area contributed by atoms with Gasteiger partial charge >= 0.3 is 0 Å². The average molecular weight is 313 g/mol. The molecular formula is C19H23NO3. The monoisotopic (exact) mass is 313 g/mol. The zero-order valence-electron chi connectivity index (χ0n) is 13.7. The van der Waals surface area contributed by atoms with E-state index in [1.54, 1.807) is 0 Å². The smallest absolute Gasteiger partial charge is 0.225 e. The van der Waals surface area contributed by atoms with Gasteiger partial charge in [-0.05, 0) is 43.9 Å². The maximum atomic E-state index is 12.3. The van der Waals surface area contributed by atoms with E-state index in [2.05, 4.69) is 12.2 Å². The molecule has 4 heteroatoms. The molecule has 1 N–H and O–H groups in total. The number of allylic oxidation sites excluding steroid dienone is 2. The van der Waals surface area contributed by atoms with Crippen LogP contribution in [0, 0.1) is 0 Å². The van der Waals surface area contributed by atoms with Gasteiger partial charge in [-0.15, -0.1) is 0 Å². The first kappa shape index (κ1) is 15.8. The van der Waals surface area contributed by atoms with Crippen molar-refractivity contribution >= 4 is 11.7 Å². The van der Waals surface area contributed by atoms with Crippen LogP contribution in [0.3, 0.4) is 0 Å². The fourth-order valence-corrected chi connectivity index (χ4v) is 3.28. The quantitative estimate of drug-likeness (QED) is 0.926. The Morgan fingerprint density at radius 3 is 2.65 bits per heavy atom. The van der Waals surface area contributed by atoms with Crippen molar-refractivity contribution in [3.63, 3.8) is 0 Å². The number of Topliss-reactive ketones (excluding diaryl/α,β-unsaturated/α-hetero) is 1. The molecule has 0 radical (unpaired) electrons. The zero-order chi connectivity index (χ0) is 16.4. The van der Waals surface area contributed by atoms with E-state index in [0.29, 0.717) is 12.8 Å². The van der Waals surface area contributed by atoms with Crippen molar-refractivity contribution in [1.29, 1.82) is 0 Å². The number of rotatable bonds is 4. The molecule has 1 aromatic carbocycles. The molecule has 0 bridgehead atoms. The Kier molecular flexibility index (Phi) is 4.51. The summed E-state index contributed by atoms with van der Waals surface area (Å²) in [6.45, 7) is 4.12. The molecule has 3 rings (SSSR count). The Balaban J connectivity index is 1.87. The Morgan fingerprint density at radius 2 is 1.96 bits per heavy atom. The fraction of sp³-hybridized carbons (Fsp3) is 0.474. The van der Waals surface area contributed by atoms with Crippen molar-refractivity contribution in [2.75, 3.05) is 0 Å². The lowest BCUT2D eigenvalue weighted by molar-refractivity contribution is -0.122. The summed E-state index contributed by atoms with van der Waals surface area (Å²) in [6, 6.07) is 7.82. The molecule has 1 aliphatic carbocycles. The molecule has 2 aliphatic rings. The van der Waals surface area contributed by atoms with E-state index in [-0.39, 0.29) is 23.7 Å². The van der Waals surface area contributed by atoms with E-state index in [4.69, 9.17) is 4.74 Å². The first-order valence-electron chi connectivity index (χ1n) is 8.41. The number of nitrogens with one attached hydrogen (secondary N) is 1. The minimum absolute atomic E-state index is 0.00313. The molecule has 4 nitrogen and oxygen atoms in total. The van der Waals surface area contributed by atoms with Crippen LogP contribution >= 0.6 is 0 Å². The summed E-state index contributed by atoms with van der Waals surface area (Å²) < 4.78 is 5.80. The second-order valence-corrected chi connectivity index (χ2v) is 6.38. The second-order valence-electron chi connectivity index (χ2n) is 6.38. The lowest BCUT2D eigenvalue weighted by atomic mass is 9.78. The van der Waals surface area contributed by atoms with Crippen molar-refractivity contribution in [3.05, 3.63) is 41.1 Å². The summed E-state index contributed by atoms with van der Waals surface area (Å²) in [5.74, 6) is 0.885. The summed E-state index contributed by atoms with van der Waals surface area (Å²) in [4.78, 5) is 24.3. The molecule has 0 spiro atoms. The summed E-state index contributed by atoms with van der Waals surface area (Å²) in [7, 11) is 0. The molecule has 1 aromatic rings. The second kappa shape index (κ2) is 6.57. The number of hydrogen-bond acceptors (Lipinski definition) is 3. The molecular weight excluding hydrogens is 290 g/mol. The van der Waals surface area contributed by atoms with E-state index < -0.39 is 0 Å². The van der Waals surface area contributed by atoms with Gasteiger partial charge in [0.25, 0.3) is 0 Å². The van der Waals surface area contributed by atoms with Gasteiger partial charge in [0.05, 0.1) is 6.10 Å². The van der Waals surface area contributed by atoms with Crippen molar-refractivity contribution in [2.24, 2.45) is 0 Å². The maximum Gasteiger partial charge on any atom is 0.225 e. The average Bonchev–Trinajstić information content (AvgIpc) is 2.54. The maximum absolute atomic E-state index is 12.3. The molecule has 0 unspecified atom stereocenters. The van der Waals surface area contributed by atoms with Crippen LogP contribution in [0.1, 0.15) is 57.4 Å². The van der Waals surface area contributed by atoms with Crippen LogP contribution in [-0.4, -0.2) is 17.8 Å². The van der Waals surface area contributed by atoms with Crippen LogP contribution in [0.2, 0.25) is 0 Å². The Morgan fingerprint density at radius 1 is 1.22 bits per heavy atom. The molecule has 122 valence electrons. The van der Waals surface area contributed by atoms with Crippen LogP contribution < -0.4 is 10.1 Å². The number of benzene rings is 1. The van der Waals surface area contributed by atoms with Crippen LogP contribution in [0.15, 0.2) is 35.5 Å². The molecule has 2 atom stereocenters. The third-order valence-electron chi connectivity index (χ3n) is 4.68. The number of carbonyl (C=O) groups is 2. The highest BCUT2D eigenvalue weighted by atomic mass is 16.5.